The summed E-state index contributed by atoms with van der Waals surface area (Å²) in [6.07, 6.45) is 0. The van der Waals surface area contributed by atoms with E-state index in [-0.39, 0.29) is 0 Å². The molecule has 0 aliphatic rings. The largest absolute Gasteiger partial charge is 0.454 e. The minimum atomic E-state index is 0.760. The van der Waals surface area contributed by atoms with Gasteiger partial charge < -0.3 is 9.32 Å². The van der Waals surface area contributed by atoms with Gasteiger partial charge in [0.2, 0.25) is 0 Å². The second-order valence-corrected chi connectivity index (χ2v) is 9.14. The van der Waals surface area contributed by atoms with Crippen molar-refractivity contribution < 1.29 is 4.42 Å². The van der Waals surface area contributed by atoms with Crippen molar-refractivity contribution in [2.45, 2.75) is 0 Å². The number of furan rings is 1. The van der Waals surface area contributed by atoms with Crippen LogP contribution in [0.5, 0.6) is 0 Å². The van der Waals surface area contributed by atoms with Crippen LogP contribution in [0.3, 0.4) is 0 Å². The molecule has 0 amide bonds. The molecular formula is C32H20ClNO. The molecule has 0 N–H and O–H groups in total. The van der Waals surface area contributed by atoms with Crippen molar-refractivity contribution >= 4 is 72.1 Å². The molecule has 3 heteroatoms. The second-order valence-electron chi connectivity index (χ2n) is 8.73. The molecule has 0 bridgehead atoms. The van der Waals surface area contributed by atoms with Gasteiger partial charge in [0, 0.05) is 32.6 Å². The van der Waals surface area contributed by atoms with Crippen LogP contribution in [0, 0.1) is 0 Å². The molecule has 7 aromatic rings. The SMILES string of the molecule is Clc1cc2ccccc2c2cc(N(c3ccccc3)c3cccc4c3oc3ccccc34)ccc12. The number of halogens is 1. The average molecular weight is 470 g/mol. The van der Waals surface area contributed by atoms with Gasteiger partial charge in [-0.25, -0.2) is 0 Å². The van der Waals surface area contributed by atoms with Crippen LogP contribution in [0.1, 0.15) is 0 Å². The van der Waals surface area contributed by atoms with E-state index in [2.05, 4.69) is 95.9 Å². The van der Waals surface area contributed by atoms with Gasteiger partial charge in [-0.2, -0.15) is 0 Å². The number of fused-ring (bicyclic) bond motifs is 6. The van der Waals surface area contributed by atoms with Crippen molar-refractivity contribution in [3.8, 4) is 0 Å². The standard InChI is InChI=1S/C32H20ClNO/c33-29-19-21-9-4-5-12-24(21)28-20-23(17-18-25(28)29)34(22-10-2-1-3-11-22)30-15-8-14-27-26-13-6-7-16-31(26)35-32(27)30/h1-20H. The van der Waals surface area contributed by atoms with E-state index in [0.717, 1.165) is 60.2 Å². The number of rotatable bonds is 3. The predicted molar refractivity (Wildman–Crippen MR) is 148 cm³/mol. The Morgan fingerprint density at radius 3 is 2.14 bits per heavy atom. The molecule has 0 atom stereocenters. The number of nitrogens with zero attached hydrogens (tertiary/aromatic N) is 1. The zero-order valence-corrected chi connectivity index (χ0v) is 19.5. The van der Waals surface area contributed by atoms with E-state index < -0.39 is 0 Å². The lowest BCUT2D eigenvalue weighted by molar-refractivity contribution is 0.669. The molecule has 6 aromatic carbocycles. The highest BCUT2D eigenvalue weighted by Crippen LogP contribution is 2.43. The Morgan fingerprint density at radius 2 is 1.26 bits per heavy atom. The molecule has 0 fully saturated rings. The molecule has 0 saturated carbocycles. The van der Waals surface area contributed by atoms with Gasteiger partial charge in [-0.1, -0.05) is 90.5 Å². The highest BCUT2D eigenvalue weighted by Gasteiger charge is 2.19. The molecule has 35 heavy (non-hydrogen) atoms. The molecule has 7 rings (SSSR count). The molecule has 1 aromatic heterocycles. The van der Waals surface area contributed by atoms with Crippen molar-refractivity contribution in [1.29, 1.82) is 0 Å². The first-order valence-electron chi connectivity index (χ1n) is 11.6. The van der Waals surface area contributed by atoms with Crippen molar-refractivity contribution in [3.63, 3.8) is 0 Å². The summed E-state index contributed by atoms with van der Waals surface area (Å²) in [7, 11) is 0. The van der Waals surface area contributed by atoms with Gasteiger partial charge in [-0.3, -0.25) is 0 Å². The molecule has 0 aliphatic heterocycles. The second kappa shape index (κ2) is 7.90. The number of hydrogen-bond donors (Lipinski definition) is 0. The molecule has 0 aliphatic carbocycles. The van der Waals surface area contributed by atoms with Gasteiger partial charge in [-0.05, 0) is 58.6 Å². The Balaban J connectivity index is 1.55. The Bertz CT molecular complexity index is 1870. The van der Waals surface area contributed by atoms with E-state index in [1.54, 1.807) is 0 Å². The van der Waals surface area contributed by atoms with E-state index in [1.807, 2.05) is 30.3 Å². The maximum atomic E-state index is 6.70. The maximum absolute atomic E-state index is 6.70. The third-order valence-corrected chi connectivity index (χ3v) is 7.00. The van der Waals surface area contributed by atoms with Crippen LogP contribution in [0.15, 0.2) is 126 Å². The molecule has 1 heterocycles. The number of anilines is 3. The molecule has 0 unspecified atom stereocenters. The van der Waals surface area contributed by atoms with Gasteiger partial charge in [0.15, 0.2) is 5.58 Å². The van der Waals surface area contributed by atoms with Crippen LogP contribution in [0.4, 0.5) is 17.1 Å². The monoisotopic (exact) mass is 469 g/mol. The van der Waals surface area contributed by atoms with Crippen LogP contribution in [0.25, 0.3) is 43.5 Å². The molecule has 0 radical (unpaired) electrons. The van der Waals surface area contributed by atoms with E-state index in [0.29, 0.717) is 0 Å². The summed E-state index contributed by atoms with van der Waals surface area (Å²) < 4.78 is 6.42. The lowest BCUT2D eigenvalue weighted by Crippen LogP contribution is -2.10. The molecule has 0 spiro atoms. The lowest BCUT2D eigenvalue weighted by Gasteiger charge is -2.26. The molecule has 166 valence electrons. The first-order valence-corrected chi connectivity index (χ1v) is 12.0. The summed E-state index contributed by atoms with van der Waals surface area (Å²) >= 11 is 6.70. The summed E-state index contributed by atoms with van der Waals surface area (Å²) in [5.41, 5.74) is 4.86. The summed E-state index contributed by atoms with van der Waals surface area (Å²) in [5, 5.41) is 7.47. The van der Waals surface area contributed by atoms with Crippen LogP contribution in [-0.2, 0) is 0 Å². The van der Waals surface area contributed by atoms with Crippen molar-refractivity contribution in [1.82, 2.24) is 0 Å². The zero-order valence-electron chi connectivity index (χ0n) is 18.8. The average Bonchev–Trinajstić information content (AvgIpc) is 3.29. The predicted octanol–water partition coefficient (Wildman–Crippen LogP) is 10.0. The quantitative estimate of drug-likeness (QED) is 0.239. The summed E-state index contributed by atoms with van der Waals surface area (Å²) in [4.78, 5) is 2.26. The van der Waals surface area contributed by atoms with Crippen molar-refractivity contribution in [2.24, 2.45) is 0 Å². The Hall–Kier alpha value is -4.27. The summed E-state index contributed by atoms with van der Waals surface area (Å²) in [6.45, 7) is 0. The van der Waals surface area contributed by atoms with Crippen LogP contribution in [-0.4, -0.2) is 0 Å². The van der Waals surface area contributed by atoms with Crippen molar-refractivity contribution in [2.75, 3.05) is 4.90 Å². The molecule has 0 saturated heterocycles. The normalized spacial score (nSPS) is 11.6. The minimum Gasteiger partial charge on any atom is -0.454 e. The summed E-state index contributed by atoms with van der Waals surface area (Å²) in [6, 6.07) is 41.9. The number of hydrogen-bond acceptors (Lipinski definition) is 2. The Labute approximate surface area is 207 Å². The minimum absolute atomic E-state index is 0.760. The van der Waals surface area contributed by atoms with E-state index in [4.69, 9.17) is 16.0 Å². The molecular weight excluding hydrogens is 450 g/mol. The highest BCUT2D eigenvalue weighted by molar-refractivity contribution is 6.37. The molecule has 2 nitrogen and oxygen atoms in total. The summed E-state index contributed by atoms with van der Waals surface area (Å²) in [5.74, 6) is 0. The smallest absolute Gasteiger partial charge is 0.159 e. The van der Waals surface area contributed by atoms with Gasteiger partial charge in [0.05, 0.1) is 5.69 Å². The number of para-hydroxylation sites is 3. The highest BCUT2D eigenvalue weighted by atomic mass is 35.5. The number of benzene rings is 6. The van der Waals surface area contributed by atoms with Gasteiger partial charge in [-0.15, -0.1) is 0 Å². The first kappa shape index (κ1) is 20.1. The zero-order chi connectivity index (χ0) is 23.4. The fraction of sp³-hybridized carbons (Fsp3) is 0. The third-order valence-electron chi connectivity index (χ3n) is 6.69. The topological polar surface area (TPSA) is 16.4 Å². The lowest BCUT2D eigenvalue weighted by atomic mass is 10.0. The van der Waals surface area contributed by atoms with Crippen molar-refractivity contribution in [3.05, 3.63) is 126 Å². The van der Waals surface area contributed by atoms with Crippen LogP contribution < -0.4 is 4.90 Å². The first-order chi connectivity index (χ1) is 17.3. The van der Waals surface area contributed by atoms with Gasteiger partial charge in [0.1, 0.15) is 5.58 Å². The van der Waals surface area contributed by atoms with Gasteiger partial charge >= 0.3 is 0 Å². The Morgan fingerprint density at radius 1 is 0.514 bits per heavy atom. The fourth-order valence-corrected chi connectivity index (χ4v) is 5.38. The third kappa shape index (κ3) is 3.18. The fourth-order valence-electron chi connectivity index (χ4n) is 5.10. The van der Waals surface area contributed by atoms with E-state index >= 15 is 0 Å². The van der Waals surface area contributed by atoms with Gasteiger partial charge in [0.25, 0.3) is 0 Å². The van der Waals surface area contributed by atoms with Crippen LogP contribution in [0.2, 0.25) is 5.02 Å². The Kier molecular flexibility index (Phi) is 4.54. The van der Waals surface area contributed by atoms with E-state index in [1.165, 1.54) is 5.39 Å². The van der Waals surface area contributed by atoms with E-state index in [9.17, 15) is 0 Å². The van der Waals surface area contributed by atoms with Crippen LogP contribution >= 0.6 is 11.6 Å². The maximum Gasteiger partial charge on any atom is 0.159 e.